The summed E-state index contributed by atoms with van der Waals surface area (Å²) in [7, 11) is 0. The average molecular weight is 368 g/mol. The molecule has 0 amide bonds. The zero-order valence-corrected chi connectivity index (χ0v) is 14.8. The van der Waals surface area contributed by atoms with Gasteiger partial charge in [-0.25, -0.2) is 9.97 Å². The van der Waals surface area contributed by atoms with E-state index in [9.17, 15) is 5.26 Å². The molecule has 0 unspecified atom stereocenters. The number of nitrogens with one attached hydrogen (secondary N) is 1. The second kappa shape index (κ2) is 6.55. The molecule has 1 aliphatic heterocycles. The molecular weight excluding hydrogens is 356 g/mol. The van der Waals surface area contributed by atoms with Crippen LogP contribution in [0.1, 0.15) is 10.7 Å². The smallest absolute Gasteiger partial charge is 0.231 e. The van der Waals surface area contributed by atoms with Crippen molar-refractivity contribution in [3.8, 4) is 28.8 Å². The molecule has 1 N–H and O–H groups in total. The topological polar surface area (TPSA) is 80.1 Å². The average Bonchev–Trinajstić information content (AvgIpc) is 3.35. The second-order valence-corrected chi connectivity index (χ2v) is 6.93. The van der Waals surface area contributed by atoms with Crippen LogP contribution < -0.4 is 14.8 Å². The summed E-state index contributed by atoms with van der Waals surface area (Å²) in [6.07, 6.45) is 1.64. The largest absolute Gasteiger partial charge is 0.454 e. The Bertz CT molecular complexity index is 1000. The Hall–Kier alpha value is -2.89. The summed E-state index contributed by atoms with van der Waals surface area (Å²) in [6, 6.07) is 7.90. The number of benzene rings is 1. The first-order chi connectivity index (χ1) is 12.2. The molecular formula is C17H12N4O2S2. The Labute approximate surface area is 152 Å². The monoisotopic (exact) mass is 368 g/mol. The number of thiazole rings is 2. The first-order valence-corrected chi connectivity index (χ1v) is 9.14. The van der Waals surface area contributed by atoms with E-state index in [1.165, 1.54) is 22.7 Å². The second-order valence-electron chi connectivity index (χ2n) is 5.21. The maximum atomic E-state index is 9.31. The molecule has 0 atom stereocenters. The number of nitriles is 1. The molecule has 0 aliphatic carbocycles. The maximum absolute atomic E-state index is 9.31. The van der Waals surface area contributed by atoms with Crippen LogP contribution in [0.15, 0.2) is 35.2 Å². The van der Waals surface area contributed by atoms with Crippen LogP contribution in [0, 0.1) is 18.3 Å². The van der Waals surface area contributed by atoms with Crippen LogP contribution in [0.4, 0.5) is 5.13 Å². The molecule has 0 radical (unpaired) electrons. The van der Waals surface area contributed by atoms with Gasteiger partial charge < -0.3 is 14.8 Å². The van der Waals surface area contributed by atoms with E-state index in [4.69, 9.17) is 9.47 Å². The van der Waals surface area contributed by atoms with Gasteiger partial charge in [0.15, 0.2) is 16.6 Å². The Morgan fingerprint density at radius 2 is 2.12 bits per heavy atom. The van der Waals surface area contributed by atoms with Crippen molar-refractivity contribution in [3.63, 3.8) is 0 Å². The third kappa shape index (κ3) is 3.20. The Morgan fingerprint density at radius 1 is 1.24 bits per heavy atom. The van der Waals surface area contributed by atoms with Gasteiger partial charge in [0, 0.05) is 28.2 Å². The van der Waals surface area contributed by atoms with Crippen molar-refractivity contribution in [3.05, 3.63) is 45.9 Å². The lowest BCUT2D eigenvalue weighted by molar-refractivity contribution is 0.174. The van der Waals surface area contributed by atoms with Gasteiger partial charge >= 0.3 is 0 Å². The number of hydrogen-bond acceptors (Lipinski definition) is 8. The van der Waals surface area contributed by atoms with Crippen LogP contribution in [-0.4, -0.2) is 16.8 Å². The number of hydrogen-bond donors (Lipinski definition) is 1. The predicted molar refractivity (Wildman–Crippen MR) is 97.7 cm³/mol. The Kier molecular flexibility index (Phi) is 4.09. The predicted octanol–water partition coefficient (Wildman–Crippen LogP) is 4.28. The fourth-order valence-electron chi connectivity index (χ4n) is 2.28. The van der Waals surface area contributed by atoms with E-state index in [2.05, 4.69) is 21.4 Å². The summed E-state index contributed by atoms with van der Waals surface area (Å²) < 4.78 is 10.7. The molecule has 4 rings (SSSR count). The fraction of sp³-hybridized carbons (Fsp3) is 0.118. The van der Waals surface area contributed by atoms with E-state index in [-0.39, 0.29) is 6.79 Å². The quantitative estimate of drug-likeness (QED) is 0.692. The molecule has 0 saturated carbocycles. The normalized spacial score (nSPS) is 12.9. The summed E-state index contributed by atoms with van der Waals surface area (Å²) in [4.78, 5) is 8.88. The molecule has 25 heavy (non-hydrogen) atoms. The maximum Gasteiger partial charge on any atom is 0.231 e. The van der Waals surface area contributed by atoms with E-state index in [0.29, 0.717) is 15.7 Å². The first kappa shape index (κ1) is 15.6. The Balaban J connectivity index is 1.53. The number of aryl methyl sites for hydroxylation is 1. The Morgan fingerprint density at radius 3 is 2.92 bits per heavy atom. The number of fused-ring (bicyclic) bond motifs is 1. The molecule has 2 aromatic heterocycles. The molecule has 6 nitrogen and oxygen atoms in total. The summed E-state index contributed by atoms with van der Waals surface area (Å²) in [5, 5.41) is 17.7. The first-order valence-electron chi connectivity index (χ1n) is 7.38. The zero-order chi connectivity index (χ0) is 17.2. The van der Waals surface area contributed by atoms with Crippen LogP contribution in [0.25, 0.3) is 16.8 Å². The highest BCUT2D eigenvalue weighted by Gasteiger charge is 2.15. The SMILES string of the molecule is Cc1csc(/C(C#N)=C/Nc2nc(-c3ccc4c(c3)OCO4)cs2)n1. The van der Waals surface area contributed by atoms with E-state index >= 15 is 0 Å². The number of allylic oxidation sites excluding steroid dienone is 1. The van der Waals surface area contributed by atoms with Gasteiger partial charge in [-0.05, 0) is 25.1 Å². The van der Waals surface area contributed by atoms with Crippen LogP contribution in [0.3, 0.4) is 0 Å². The molecule has 8 heteroatoms. The van der Waals surface area contributed by atoms with Gasteiger partial charge in [0.05, 0.1) is 5.69 Å². The van der Waals surface area contributed by atoms with Crippen molar-refractivity contribution in [2.45, 2.75) is 6.92 Å². The third-order valence-electron chi connectivity index (χ3n) is 3.48. The van der Waals surface area contributed by atoms with E-state index in [1.807, 2.05) is 35.9 Å². The third-order valence-corrected chi connectivity index (χ3v) is 5.25. The van der Waals surface area contributed by atoms with Gasteiger partial charge in [-0.15, -0.1) is 22.7 Å². The number of anilines is 1. The van der Waals surface area contributed by atoms with Crippen molar-refractivity contribution in [2.75, 3.05) is 12.1 Å². The number of ether oxygens (including phenoxy) is 2. The standard InChI is InChI=1S/C17H12N4O2S2/c1-10-7-24-16(20-10)12(5-18)6-19-17-21-13(8-25-17)11-2-3-14-15(4-11)23-9-22-14/h2-4,6-8H,9H2,1H3,(H,19,21)/b12-6+. The molecule has 1 aliphatic rings. The zero-order valence-electron chi connectivity index (χ0n) is 13.1. The van der Waals surface area contributed by atoms with Crippen molar-refractivity contribution in [1.82, 2.24) is 9.97 Å². The molecule has 3 aromatic rings. The van der Waals surface area contributed by atoms with Gasteiger partial charge in [0.2, 0.25) is 6.79 Å². The van der Waals surface area contributed by atoms with E-state index in [1.54, 1.807) is 6.20 Å². The van der Waals surface area contributed by atoms with Crippen LogP contribution >= 0.6 is 22.7 Å². The number of aromatic nitrogens is 2. The molecule has 0 bridgehead atoms. The molecule has 0 spiro atoms. The number of nitrogens with zero attached hydrogens (tertiary/aromatic N) is 3. The fourth-order valence-corrected chi connectivity index (χ4v) is 3.74. The minimum Gasteiger partial charge on any atom is -0.454 e. The molecule has 1 aromatic carbocycles. The highest BCUT2D eigenvalue weighted by molar-refractivity contribution is 7.14. The lowest BCUT2D eigenvalue weighted by Crippen LogP contribution is -1.92. The van der Waals surface area contributed by atoms with Crippen LogP contribution in [-0.2, 0) is 0 Å². The number of rotatable bonds is 4. The van der Waals surface area contributed by atoms with Gasteiger partial charge in [0.25, 0.3) is 0 Å². The van der Waals surface area contributed by atoms with Crippen molar-refractivity contribution in [1.29, 1.82) is 5.26 Å². The highest BCUT2D eigenvalue weighted by atomic mass is 32.1. The molecule has 3 heterocycles. The van der Waals surface area contributed by atoms with Crippen molar-refractivity contribution < 1.29 is 9.47 Å². The lowest BCUT2D eigenvalue weighted by Gasteiger charge is -1.99. The minimum absolute atomic E-state index is 0.251. The summed E-state index contributed by atoms with van der Waals surface area (Å²) >= 11 is 2.91. The highest BCUT2D eigenvalue weighted by Crippen LogP contribution is 2.36. The van der Waals surface area contributed by atoms with Crippen molar-refractivity contribution >= 4 is 33.4 Å². The molecule has 0 saturated heterocycles. The van der Waals surface area contributed by atoms with Crippen LogP contribution in [0.2, 0.25) is 0 Å². The summed E-state index contributed by atoms with van der Waals surface area (Å²) in [6.45, 7) is 2.15. The van der Waals surface area contributed by atoms with E-state index in [0.717, 1.165) is 28.5 Å². The van der Waals surface area contributed by atoms with E-state index < -0.39 is 0 Å². The minimum atomic E-state index is 0.251. The van der Waals surface area contributed by atoms with Gasteiger partial charge in [-0.2, -0.15) is 5.26 Å². The molecule has 0 fully saturated rings. The van der Waals surface area contributed by atoms with Crippen LogP contribution in [0.5, 0.6) is 11.5 Å². The van der Waals surface area contributed by atoms with Gasteiger partial charge in [0.1, 0.15) is 16.6 Å². The van der Waals surface area contributed by atoms with Gasteiger partial charge in [-0.1, -0.05) is 0 Å². The van der Waals surface area contributed by atoms with Crippen molar-refractivity contribution in [2.24, 2.45) is 0 Å². The lowest BCUT2D eigenvalue weighted by atomic mass is 10.1. The molecule has 124 valence electrons. The summed E-state index contributed by atoms with van der Waals surface area (Å²) in [5.41, 5.74) is 3.18. The van der Waals surface area contributed by atoms with Gasteiger partial charge in [-0.3, -0.25) is 0 Å². The summed E-state index contributed by atoms with van der Waals surface area (Å²) in [5.74, 6) is 1.48.